The van der Waals surface area contributed by atoms with Gasteiger partial charge in [0.25, 0.3) is 5.91 Å². The Bertz CT molecular complexity index is 1020. The zero-order chi connectivity index (χ0) is 18.0. The molecule has 0 unspecified atom stereocenters. The summed E-state index contributed by atoms with van der Waals surface area (Å²) >= 11 is 0. The first kappa shape index (κ1) is 17.2. The summed E-state index contributed by atoms with van der Waals surface area (Å²) < 4.78 is 24.5. The summed E-state index contributed by atoms with van der Waals surface area (Å²) in [5.74, 6) is 0.510. The lowest BCUT2D eigenvalue weighted by molar-refractivity contribution is 0.0949. The van der Waals surface area contributed by atoms with Crippen molar-refractivity contribution in [1.82, 2.24) is 14.9 Å². The zero-order valence-corrected chi connectivity index (χ0v) is 14.9. The highest BCUT2D eigenvalue weighted by molar-refractivity contribution is 7.89. The molecule has 1 heterocycles. The van der Waals surface area contributed by atoms with Gasteiger partial charge in [-0.15, -0.1) is 0 Å². The van der Waals surface area contributed by atoms with Crippen molar-refractivity contribution in [2.45, 2.75) is 12.3 Å². The molecule has 6 nitrogen and oxygen atoms in total. The van der Waals surface area contributed by atoms with Crippen LogP contribution in [-0.4, -0.2) is 30.1 Å². The fourth-order valence-electron chi connectivity index (χ4n) is 2.67. The molecule has 0 aliphatic carbocycles. The number of para-hydroxylation sites is 2. The molecule has 0 saturated carbocycles. The van der Waals surface area contributed by atoms with Gasteiger partial charge in [-0.3, -0.25) is 4.79 Å². The first-order chi connectivity index (χ1) is 11.8. The number of aryl methyl sites for hydroxylation is 1. The summed E-state index contributed by atoms with van der Waals surface area (Å²) in [6, 6.07) is 14.4. The van der Waals surface area contributed by atoms with Crippen molar-refractivity contribution in [3.05, 3.63) is 65.5 Å². The first-order valence-electron chi connectivity index (χ1n) is 7.79. The van der Waals surface area contributed by atoms with Gasteiger partial charge in [-0.05, 0) is 29.8 Å². The topological polar surface area (TPSA) is 81.1 Å². The van der Waals surface area contributed by atoms with Gasteiger partial charge < -0.3 is 9.88 Å². The Balaban J connectivity index is 1.68. The second-order valence-electron chi connectivity index (χ2n) is 6.03. The Morgan fingerprint density at radius 1 is 1.12 bits per heavy atom. The van der Waals surface area contributed by atoms with E-state index in [2.05, 4.69) is 10.3 Å². The summed E-state index contributed by atoms with van der Waals surface area (Å²) in [5.41, 5.74) is 3.04. The monoisotopic (exact) mass is 357 g/mol. The van der Waals surface area contributed by atoms with Crippen LogP contribution in [0.15, 0.2) is 48.5 Å². The van der Waals surface area contributed by atoms with E-state index in [4.69, 9.17) is 0 Å². The Kier molecular flexibility index (Phi) is 4.59. The summed E-state index contributed by atoms with van der Waals surface area (Å²) in [6.45, 7) is 0.315. The average Bonchev–Trinajstić information content (AvgIpc) is 2.88. The number of hydrogen-bond donors (Lipinski definition) is 1. The number of aromatic nitrogens is 2. The highest BCUT2D eigenvalue weighted by atomic mass is 32.2. The van der Waals surface area contributed by atoms with Crippen molar-refractivity contribution in [2.24, 2.45) is 7.05 Å². The maximum absolute atomic E-state index is 12.3. The molecule has 1 N–H and O–H groups in total. The molecule has 0 aliphatic rings. The number of nitrogens with one attached hydrogen (secondary N) is 1. The van der Waals surface area contributed by atoms with Gasteiger partial charge in [0.05, 0.1) is 23.3 Å². The molecule has 0 radical (unpaired) electrons. The largest absolute Gasteiger partial charge is 0.345 e. The van der Waals surface area contributed by atoms with Crippen LogP contribution in [0.25, 0.3) is 11.0 Å². The Morgan fingerprint density at radius 3 is 2.44 bits per heavy atom. The van der Waals surface area contributed by atoms with Gasteiger partial charge in [0.15, 0.2) is 9.84 Å². The number of nitrogens with zero attached hydrogens (tertiary/aromatic N) is 2. The molecule has 0 fully saturated rings. The molecule has 1 aromatic heterocycles. The van der Waals surface area contributed by atoms with Crippen LogP contribution in [0.2, 0.25) is 0 Å². The summed E-state index contributed by atoms with van der Waals surface area (Å²) in [6.07, 6.45) is 1.18. The Morgan fingerprint density at radius 2 is 1.80 bits per heavy atom. The summed E-state index contributed by atoms with van der Waals surface area (Å²) in [7, 11) is -1.17. The van der Waals surface area contributed by atoms with Crippen molar-refractivity contribution >= 4 is 26.8 Å². The minimum absolute atomic E-state index is 0.0330. The maximum Gasteiger partial charge on any atom is 0.251 e. The molecule has 1 amide bonds. The van der Waals surface area contributed by atoms with Crippen LogP contribution >= 0.6 is 0 Å². The number of sulfone groups is 1. The molecule has 7 heteroatoms. The molecule has 0 atom stereocenters. The second kappa shape index (κ2) is 6.68. The summed E-state index contributed by atoms with van der Waals surface area (Å²) in [4.78, 5) is 16.8. The van der Waals surface area contributed by atoms with Crippen LogP contribution in [0.3, 0.4) is 0 Å². The second-order valence-corrected chi connectivity index (χ2v) is 8.17. The van der Waals surface area contributed by atoms with Gasteiger partial charge in [0.1, 0.15) is 5.82 Å². The van der Waals surface area contributed by atoms with E-state index < -0.39 is 9.84 Å². The van der Waals surface area contributed by atoms with E-state index in [9.17, 15) is 13.2 Å². The van der Waals surface area contributed by atoms with Crippen LogP contribution in [0, 0.1) is 0 Å². The van der Waals surface area contributed by atoms with Gasteiger partial charge in [0.2, 0.25) is 0 Å². The van der Waals surface area contributed by atoms with E-state index in [0.717, 1.165) is 16.9 Å². The predicted molar refractivity (Wildman–Crippen MR) is 96.9 cm³/mol. The van der Waals surface area contributed by atoms with Crippen molar-refractivity contribution in [2.75, 3.05) is 6.26 Å². The van der Waals surface area contributed by atoms with Crippen molar-refractivity contribution < 1.29 is 13.2 Å². The van der Waals surface area contributed by atoms with Crippen molar-refractivity contribution in [3.63, 3.8) is 0 Å². The predicted octanol–water partition coefficient (Wildman–Crippen LogP) is 2.05. The van der Waals surface area contributed by atoms with Crippen molar-refractivity contribution in [1.29, 1.82) is 0 Å². The van der Waals surface area contributed by atoms with Crippen LogP contribution in [0.4, 0.5) is 0 Å². The molecule has 0 spiro atoms. The van der Waals surface area contributed by atoms with Gasteiger partial charge in [-0.2, -0.15) is 0 Å². The number of rotatable bonds is 5. The number of carbonyl (C=O) groups excluding carboxylic acids is 1. The smallest absolute Gasteiger partial charge is 0.251 e. The molecule has 130 valence electrons. The minimum Gasteiger partial charge on any atom is -0.345 e. The average molecular weight is 357 g/mol. The van der Waals surface area contributed by atoms with Crippen LogP contribution < -0.4 is 5.32 Å². The van der Waals surface area contributed by atoms with Gasteiger partial charge in [-0.1, -0.05) is 24.3 Å². The number of amides is 1. The SMILES string of the molecule is Cn1c(CNC(=O)c2ccc(CS(C)(=O)=O)cc2)nc2ccccc21. The lowest BCUT2D eigenvalue weighted by Gasteiger charge is -2.06. The highest BCUT2D eigenvalue weighted by Crippen LogP contribution is 2.14. The van der Waals surface area contributed by atoms with Crippen LogP contribution in [0.5, 0.6) is 0 Å². The van der Waals surface area contributed by atoms with Crippen LogP contribution in [0.1, 0.15) is 21.7 Å². The number of hydrogen-bond acceptors (Lipinski definition) is 4. The first-order valence-corrected chi connectivity index (χ1v) is 9.85. The normalized spacial score (nSPS) is 11.6. The lowest BCUT2D eigenvalue weighted by atomic mass is 10.1. The molecule has 25 heavy (non-hydrogen) atoms. The van der Waals surface area contributed by atoms with Crippen molar-refractivity contribution in [3.8, 4) is 0 Å². The fourth-order valence-corrected chi connectivity index (χ4v) is 3.47. The Labute approximate surface area is 146 Å². The highest BCUT2D eigenvalue weighted by Gasteiger charge is 2.11. The van der Waals surface area contributed by atoms with E-state index in [1.165, 1.54) is 6.26 Å². The van der Waals surface area contributed by atoms with E-state index in [1.807, 2.05) is 35.9 Å². The molecule has 3 aromatic rings. The number of fused-ring (bicyclic) bond motifs is 1. The molecule has 2 aromatic carbocycles. The third kappa shape index (κ3) is 4.06. The molecular weight excluding hydrogens is 338 g/mol. The maximum atomic E-state index is 12.3. The number of benzene rings is 2. The lowest BCUT2D eigenvalue weighted by Crippen LogP contribution is -2.24. The van der Waals surface area contributed by atoms with E-state index >= 15 is 0 Å². The molecule has 0 bridgehead atoms. The minimum atomic E-state index is -3.09. The van der Waals surface area contributed by atoms with Gasteiger partial charge in [0, 0.05) is 18.9 Å². The molecule has 0 aliphatic heterocycles. The standard InChI is InChI=1S/C18H19N3O3S/c1-21-16-6-4-3-5-15(16)20-17(21)11-19-18(22)14-9-7-13(8-10-14)12-25(2,23)24/h3-10H,11-12H2,1-2H3,(H,19,22). The van der Waals surface area contributed by atoms with E-state index in [-0.39, 0.29) is 11.7 Å². The third-order valence-corrected chi connectivity index (χ3v) is 4.79. The molecule has 0 saturated heterocycles. The third-order valence-electron chi connectivity index (χ3n) is 3.93. The molecular formula is C18H19N3O3S. The van der Waals surface area contributed by atoms with Crippen LogP contribution in [-0.2, 0) is 29.2 Å². The quantitative estimate of drug-likeness (QED) is 0.758. The molecule has 3 rings (SSSR count). The van der Waals surface area contributed by atoms with E-state index in [0.29, 0.717) is 17.7 Å². The number of imidazole rings is 1. The number of carbonyl (C=O) groups is 1. The Hall–Kier alpha value is -2.67. The van der Waals surface area contributed by atoms with Gasteiger partial charge in [-0.25, -0.2) is 13.4 Å². The van der Waals surface area contributed by atoms with E-state index in [1.54, 1.807) is 24.3 Å². The summed E-state index contributed by atoms with van der Waals surface area (Å²) in [5, 5.41) is 2.84. The fraction of sp³-hybridized carbons (Fsp3) is 0.222. The van der Waals surface area contributed by atoms with Gasteiger partial charge >= 0.3 is 0 Å². The zero-order valence-electron chi connectivity index (χ0n) is 14.1.